The van der Waals surface area contributed by atoms with Crippen molar-refractivity contribution in [2.45, 2.75) is 31.8 Å². The first-order valence-corrected chi connectivity index (χ1v) is 6.31. The van der Waals surface area contributed by atoms with Crippen LogP contribution >= 0.6 is 0 Å². The van der Waals surface area contributed by atoms with E-state index in [0.717, 1.165) is 11.1 Å². The Hall–Kier alpha value is -1.88. The van der Waals surface area contributed by atoms with Gasteiger partial charge in [-0.25, -0.2) is 4.79 Å². The summed E-state index contributed by atoms with van der Waals surface area (Å²) in [6, 6.07) is 6.52. The first-order valence-electron chi connectivity index (χ1n) is 6.31. The van der Waals surface area contributed by atoms with Crippen LogP contribution in [0, 0.1) is 6.92 Å². The van der Waals surface area contributed by atoms with Crippen LogP contribution in [-0.2, 0) is 16.0 Å². The third kappa shape index (κ3) is 2.93. The quantitative estimate of drug-likeness (QED) is 0.830. The van der Waals surface area contributed by atoms with Crippen LogP contribution in [-0.4, -0.2) is 40.5 Å². The summed E-state index contributed by atoms with van der Waals surface area (Å²) < 4.78 is 0. The standard InChI is InChI=1S/C14H18N2O3/c1-9-4-2-3-5-10(9)6-12(14(18)19)16-8-11(15)7-13(16)17/h2-5,11-12H,6-8,15H2,1H3,(H,18,19)/t11?,12-/m0/s1. The molecule has 102 valence electrons. The number of hydrogen-bond donors (Lipinski definition) is 2. The molecule has 0 radical (unpaired) electrons. The number of likely N-dealkylation sites (tertiary alicyclic amines) is 1. The average molecular weight is 262 g/mol. The van der Waals surface area contributed by atoms with Crippen molar-refractivity contribution < 1.29 is 14.7 Å². The van der Waals surface area contributed by atoms with Crippen molar-refractivity contribution in [3.8, 4) is 0 Å². The van der Waals surface area contributed by atoms with E-state index in [4.69, 9.17) is 5.73 Å². The lowest BCUT2D eigenvalue weighted by Gasteiger charge is -2.25. The summed E-state index contributed by atoms with van der Waals surface area (Å²) in [5.74, 6) is -1.15. The summed E-state index contributed by atoms with van der Waals surface area (Å²) in [6.45, 7) is 2.26. The van der Waals surface area contributed by atoms with Crippen LogP contribution in [0.15, 0.2) is 24.3 Å². The molecule has 1 aromatic carbocycles. The van der Waals surface area contributed by atoms with Gasteiger partial charge in [0.1, 0.15) is 6.04 Å². The summed E-state index contributed by atoms with van der Waals surface area (Å²) >= 11 is 0. The van der Waals surface area contributed by atoms with Gasteiger partial charge in [0.25, 0.3) is 0 Å². The second kappa shape index (κ2) is 5.40. The first-order chi connectivity index (χ1) is 8.99. The highest BCUT2D eigenvalue weighted by Crippen LogP contribution is 2.18. The molecule has 1 aromatic rings. The van der Waals surface area contributed by atoms with Crippen molar-refractivity contribution in [2.24, 2.45) is 5.73 Å². The Morgan fingerprint density at radius 3 is 2.74 bits per heavy atom. The van der Waals surface area contributed by atoms with Crippen LogP contribution in [0.5, 0.6) is 0 Å². The molecule has 0 bridgehead atoms. The van der Waals surface area contributed by atoms with Crippen molar-refractivity contribution in [2.75, 3.05) is 6.54 Å². The fourth-order valence-corrected chi connectivity index (χ4v) is 2.44. The predicted molar refractivity (Wildman–Crippen MR) is 70.6 cm³/mol. The molecule has 3 N–H and O–H groups in total. The molecule has 0 spiro atoms. The number of carbonyl (C=O) groups is 2. The SMILES string of the molecule is Cc1ccccc1C[C@@H](C(=O)O)N1CC(N)CC1=O. The molecule has 1 fully saturated rings. The third-order valence-corrected chi connectivity index (χ3v) is 3.52. The molecule has 19 heavy (non-hydrogen) atoms. The maximum atomic E-state index is 11.8. The number of rotatable bonds is 4. The summed E-state index contributed by atoms with van der Waals surface area (Å²) in [7, 11) is 0. The fourth-order valence-electron chi connectivity index (χ4n) is 2.44. The molecule has 1 aliphatic rings. The van der Waals surface area contributed by atoms with Crippen LogP contribution < -0.4 is 5.73 Å². The lowest BCUT2D eigenvalue weighted by molar-refractivity contribution is -0.148. The predicted octanol–water partition coefficient (Wildman–Crippen LogP) is 0.550. The molecule has 0 aliphatic carbocycles. The van der Waals surface area contributed by atoms with E-state index in [1.807, 2.05) is 31.2 Å². The summed E-state index contributed by atoms with van der Waals surface area (Å²) in [5, 5.41) is 9.36. The van der Waals surface area contributed by atoms with Crippen molar-refractivity contribution in [1.82, 2.24) is 4.90 Å². The molecule has 2 rings (SSSR count). The molecule has 5 heteroatoms. The number of aliphatic carboxylic acids is 1. The van der Waals surface area contributed by atoms with Gasteiger partial charge in [0.2, 0.25) is 5.91 Å². The molecule has 0 aromatic heterocycles. The smallest absolute Gasteiger partial charge is 0.326 e. The summed E-state index contributed by atoms with van der Waals surface area (Å²) in [5.41, 5.74) is 7.70. The molecule has 1 heterocycles. The van der Waals surface area contributed by atoms with Gasteiger partial charge in [-0.05, 0) is 18.1 Å². The van der Waals surface area contributed by atoms with Gasteiger partial charge in [-0.15, -0.1) is 0 Å². The number of nitrogens with zero attached hydrogens (tertiary/aromatic N) is 1. The number of carbonyl (C=O) groups excluding carboxylic acids is 1. The molecule has 1 unspecified atom stereocenters. The van der Waals surface area contributed by atoms with Crippen molar-refractivity contribution in [3.05, 3.63) is 35.4 Å². The normalized spacial score (nSPS) is 20.6. The Balaban J connectivity index is 2.20. The average Bonchev–Trinajstić information content (AvgIpc) is 2.67. The highest BCUT2D eigenvalue weighted by Gasteiger charge is 2.36. The van der Waals surface area contributed by atoms with Crippen molar-refractivity contribution in [3.63, 3.8) is 0 Å². The van der Waals surface area contributed by atoms with Crippen LogP contribution in [0.2, 0.25) is 0 Å². The van der Waals surface area contributed by atoms with Gasteiger partial charge in [-0.3, -0.25) is 4.79 Å². The fraction of sp³-hybridized carbons (Fsp3) is 0.429. The third-order valence-electron chi connectivity index (χ3n) is 3.52. The molecule has 0 saturated carbocycles. The van der Waals surface area contributed by atoms with Gasteiger partial charge in [0.05, 0.1) is 0 Å². The van der Waals surface area contributed by atoms with Gasteiger partial charge in [-0.1, -0.05) is 24.3 Å². The van der Waals surface area contributed by atoms with Gasteiger partial charge in [0.15, 0.2) is 0 Å². The van der Waals surface area contributed by atoms with E-state index in [1.54, 1.807) is 0 Å². The topological polar surface area (TPSA) is 83.6 Å². The Morgan fingerprint density at radius 2 is 2.21 bits per heavy atom. The number of amides is 1. The highest BCUT2D eigenvalue weighted by molar-refractivity contribution is 5.85. The zero-order valence-electron chi connectivity index (χ0n) is 10.9. The largest absolute Gasteiger partial charge is 0.480 e. The van der Waals surface area contributed by atoms with E-state index in [2.05, 4.69) is 0 Å². The van der Waals surface area contributed by atoms with Gasteiger partial charge < -0.3 is 15.7 Å². The number of hydrogen-bond acceptors (Lipinski definition) is 3. The minimum atomic E-state index is -0.981. The number of carboxylic acid groups (broad SMARTS) is 1. The van der Waals surface area contributed by atoms with Crippen molar-refractivity contribution in [1.29, 1.82) is 0 Å². The van der Waals surface area contributed by atoms with Gasteiger partial charge in [-0.2, -0.15) is 0 Å². The van der Waals surface area contributed by atoms with Crippen LogP contribution in [0.25, 0.3) is 0 Å². The number of benzene rings is 1. The van der Waals surface area contributed by atoms with Crippen molar-refractivity contribution >= 4 is 11.9 Å². The number of carboxylic acids is 1. The van der Waals surface area contributed by atoms with E-state index in [9.17, 15) is 14.7 Å². The Bertz CT molecular complexity index is 501. The Labute approximate surface area is 112 Å². The summed E-state index contributed by atoms with van der Waals surface area (Å²) in [6.07, 6.45) is 0.554. The molecule has 1 saturated heterocycles. The molecular formula is C14H18N2O3. The lowest BCUT2D eigenvalue weighted by atomic mass is 10.0. The zero-order chi connectivity index (χ0) is 14.0. The minimum absolute atomic E-state index is 0.173. The molecular weight excluding hydrogens is 244 g/mol. The van der Waals surface area contributed by atoms with E-state index in [0.29, 0.717) is 13.0 Å². The van der Waals surface area contributed by atoms with Crippen LogP contribution in [0.1, 0.15) is 17.5 Å². The van der Waals surface area contributed by atoms with E-state index < -0.39 is 12.0 Å². The van der Waals surface area contributed by atoms with Crippen LogP contribution in [0.3, 0.4) is 0 Å². The second-order valence-electron chi connectivity index (χ2n) is 4.99. The first kappa shape index (κ1) is 13.5. The minimum Gasteiger partial charge on any atom is -0.480 e. The maximum Gasteiger partial charge on any atom is 0.326 e. The monoisotopic (exact) mass is 262 g/mol. The molecule has 1 amide bonds. The Morgan fingerprint density at radius 1 is 1.53 bits per heavy atom. The van der Waals surface area contributed by atoms with Crippen LogP contribution in [0.4, 0.5) is 0 Å². The summed E-state index contributed by atoms with van der Waals surface area (Å²) in [4.78, 5) is 24.6. The highest BCUT2D eigenvalue weighted by atomic mass is 16.4. The van der Waals surface area contributed by atoms with Gasteiger partial charge in [0, 0.05) is 25.4 Å². The molecule has 5 nitrogen and oxygen atoms in total. The van der Waals surface area contributed by atoms with E-state index in [1.165, 1.54) is 4.90 Å². The van der Waals surface area contributed by atoms with Gasteiger partial charge >= 0.3 is 5.97 Å². The second-order valence-corrected chi connectivity index (χ2v) is 4.99. The number of aryl methyl sites for hydroxylation is 1. The van der Waals surface area contributed by atoms with E-state index >= 15 is 0 Å². The zero-order valence-corrected chi connectivity index (χ0v) is 10.9. The molecule has 2 atom stereocenters. The Kier molecular flexibility index (Phi) is 3.85. The van der Waals surface area contributed by atoms with E-state index in [-0.39, 0.29) is 18.4 Å². The number of nitrogens with two attached hydrogens (primary N) is 1. The molecule has 1 aliphatic heterocycles. The lowest BCUT2D eigenvalue weighted by Crippen LogP contribution is -2.44. The maximum absolute atomic E-state index is 11.8.